The summed E-state index contributed by atoms with van der Waals surface area (Å²) in [7, 11) is 1.62. The van der Waals surface area contributed by atoms with E-state index in [1.54, 1.807) is 19.4 Å². The molecule has 0 fully saturated rings. The van der Waals surface area contributed by atoms with Crippen molar-refractivity contribution in [2.24, 2.45) is 0 Å². The van der Waals surface area contributed by atoms with E-state index in [1.165, 1.54) is 0 Å². The van der Waals surface area contributed by atoms with Crippen LogP contribution >= 0.6 is 0 Å². The lowest BCUT2D eigenvalue weighted by molar-refractivity contribution is 0.0963. The molecule has 2 aromatic heterocycles. The molecule has 4 aromatic rings. The van der Waals surface area contributed by atoms with Crippen molar-refractivity contribution in [2.75, 3.05) is 7.05 Å². The van der Waals surface area contributed by atoms with Crippen LogP contribution in [0, 0.1) is 0 Å². The number of amides is 1. The molecule has 0 aliphatic heterocycles. The molecule has 2 N–H and O–H groups in total. The number of hydrogen-bond donors (Lipinski definition) is 2. The second-order valence-corrected chi connectivity index (χ2v) is 5.53. The minimum atomic E-state index is -0.111. The van der Waals surface area contributed by atoms with Crippen molar-refractivity contribution in [2.45, 2.75) is 0 Å². The molecule has 0 aliphatic carbocycles. The van der Waals surface area contributed by atoms with Crippen LogP contribution in [0.1, 0.15) is 10.4 Å². The molecule has 0 atom stereocenters. The van der Waals surface area contributed by atoms with E-state index in [2.05, 4.69) is 27.4 Å². The first-order valence-corrected chi connectivity index (χ1v) is 7.69. The van der Waals surface area contributed by atoms with E-state index in [9.17, 15) is 4.79 Å². The molecule has 0 spiro atoms. The van der Waals surface area contributed by atoms with Crippen molar-refractivity contribution >= 4 is 16.9 Å². The molecule has 1 amide bonds. The van der Waals surface area contributed by atoms with Gasteiger partial charge in [-0.05, 0) is 48.0 Å². The van der Waals surface area contributed by atoms with E-state index in [4.69, 9.17) is 0 Å². The average Bonchev–Trinajstić information content (AvgIpc) is 3.30. The zero-order valence-electron chi connectivity index (χ0n) is 13.2. The lowest BCUT2D eigenvalue weighted by Gasteiger charge is -2.07. The number of carbonyl (C=O) groups excluding carboxylic acids is 1. The highest BCUT2D eigenvalue weighted by Crippen LogP contribution is 2.24. The molecule has 0 saturated heterocycles. The predicted molar refractivity (Wildman–Crippen MR) is 94.2 cm³/mol. The standard InChI is InChI=1S/C19H16N4O/c1-20-19(24)14-7-8-18-17(11-14)22-12-23(18)15-5-2-4-13(10-15)16-6-3-9-21-16/h2-12,21H,1H3,(H,20,24). The van der Waals surface area contributed by atoms with E-state index in [0.717, 1.165) is 28.0 Å². The summed E-state index contributed by atoms with van der Waals surface area (Å²) in [5, 5.41) is 2.63. The highest BCUT2D eigenvalue weighted by Gasteiger charge is 2.09. The quantitative estimate of drug-likeness (QED) is 0.608. The molecule has 0 radical (unpaired) electrons. The van der Waals surface area contributed by atoms with Crippen LogP contribution in [0.2, 0.25) is 0 Å². The van der Waals surface area contributed by atoms with Crippen molar-refractivity contribution in [3.63, 3.8) is 0 Å². The van der Waals surface area contributed by atoms with Gasteiger partial charge >= 0.3 is 0 Å². The summed E-state index contributed by atoms with van der Waals surface area (Å²) in [5.74, 6) is -0.111. The van der Waals surface area contributed by atoms with Gasteiger partial charge in [0.05, 0.1) is 11.0 Å². The van der Waals surface area contributed by atoms with Crippen molar-refractivity contribution in [3.05, 3.63) is 72.7 Å². The zero-order valence-corrected chi connectivity index (χ0v) is 13.2. The molecule has 0 saturated carbocycles. The molecule has 118 valence electrons. The summed E-state index contributed by atoms with van der Waals surface area (Å²) in [5.41, 5.74) is 5.57. The van der Waals surface area contributed by atoms with Gasteiger partial charge in [0.1, 0.15) is 6.33 Å². The highest BCUT2D eigenvalue weighted by atomic mass is 16.1. The second kappa shape index (κ2) is 5.70. The van der Waals surface area contributed by atoms with Crippen molar-refractivity contribution < 1.29 is 4.79 Å². The van der Waals surface area contributed by atoms with E-state index in [0.29, 0.717) is 5.56 Å². The normalized spacial score (nSPS) is 10.9. The minimum Gasteiger partial charge on any atom is -0.361 e. The second-order valence-electron chi connectivity index (χ2n) is 5.53. The maximum atomic E-state index is 11.8. The summed E-state index contributed by atoms with van der Waals surface area (Å²) >= 11 is 0. The van der Waals surface area contributed by atoms with Crippen LogP contribution < -0.4 is 5.32 Å². The third-order valence-corrected chi connectivity index (χ3v) is 4.07. The summed E-state index contributed by atoms with van der Waals surface area (Å²) in [6.07, 6.45) is 3.70. The SMILES string of the molecule is CNC(=O)c1ccc2c(c1)ncn2-c1cccc(-c2ccc[nH]2)c1. The van der Waals surface area contributed by atoms with Gasteiger partial charge in [0.2, 0.25) is 0 Å². The molecule has 0 bridgehead atoms. The molecule has 24 heavy (non-hydrogen) atoms. The third-order valence-electron chi connectivity index (χ3n) is 4.07. The number of rotatable bonds is 3. The highest BCUT2D eigenvalue weighted by molar-refractivity contribution is 5.97. The molecule has 2 aromatic carbocycles. The zero-order chi connectivity index (χ0) is 16.5. The van der Waals surface area contributed by atoms with Crippen LogP contribution in [-0.2, 0) is 0 Å². The van der Waals surface area contributed by atoms with Gasteiger partial charge in [-0.1, -0.05) is 12.1 Å². The Morgan fingerprint density at radius 1 is 1.12 bits per heavy atom. The molecule has 0 unspecified atom stereocenters. The fraction of sp³-hybridized carbons (Fsp3) is 0.0526. The molecule has 0 aliphatic rings. The lowest BCUT2D eigenvalue weighted by atomic mass is 10.1. The van der Waals surface area contributed by atoms with Gasteiger partial charge in [-0.15, -0.1) is 0 Å². The Kier molecular flexibility index (Phi) is 3.39. The number of aromatic amines is 1. The van der Waals surface area contributed by atoms with Gasteiger partial charge < -0.3 is 10.3 Å². The van der Waals surface area contributed by atoms with Crippen LogP contribution in [-0.4, -0.2) is 27.5 Å². The fourth-order valence-corrected chi connectivity index (χ4v) is 2.84. The van der Waals surface area contributed by atoms with Crippen molar-refractivity contribution in [1.82, 2.24) is 19.9 Å². The number of H-pyrrole nitrogens is 1. The Balaban J connectivity index is 1.80. The van der Waals surface area contributed by atoms with E-state index < -0.39 is 0 Å². The lowest BCUT2D eigenvalue weighted by Crippen LogP contribution is -2.17. The number of nitrogens with one attached hydrogen (secondary N) is 2. The molecule has 4 rings (SSSR count). The maximum Gasteiger partial charge on any atom is 0.251 e. The Labute approximate surface area is 139 Å². The first-order valence-electron chi connectivity index (χ1n) is 7.69. The molecular formula is C19H16N4O. The summed E-state index contributed by atoms with van der Waals surface area (Å²) in [6, 6.07) is 17.8. The van der Waals surface area contributed by atoms with Crippen molar-refractivity contribution in [3.8, 4) is 16.9 Å². The van der Waals surface area contributed by atoms with Gasteiger partial charge in [-0.25, -0.2) is 4.98 Å². The monoisotopic (exact) mass is 316 g/mol. The number of aromatic nitrogens is 3. The van der Waals surface area contributed by atoms with Crippen molar-refractivity contribution in [1.29, 1.82) is 0 Å². The van der Waals surface area contributed by atoms with Gasteiger partial charge in [-0.2, -0.15) is 0 Å². The van der Waals surface area contributed by atoms with E-state index >= 15 is 0 Å². The number of imidazole rings is 1. The number of carbonyl (C=O) groups is 1. The Morgan fingerprint density at radius 2 is 2.04 bits per heavy atom. The largest absolute Gasteiger partial charge is 0.361 e. The third kappa shape index (κ3) is 2.36. The first-order chi connectivity index (χ1) is 11.8. The number of fused-ring (bicyclic) bond motifs is 1. The topological polar surface area (TPSA) is 62.7 Å². The van der Waals surface area contributed by atoms with Crippen LogP contribution in [0.25, 0.3) is 28.0 Å². The van der Waals surface area contributed by atoms with Crippen LogP contribution in [0.15, 0.2) is 67.1 Å². The first kappa shape index (κ1) is 14.3. The van der Waals surface area contributed by atoms with Crippen LogP contribution in [0.3, 0.4) is 0 Å². The van der Waals surface area contributed by atoms with Gasteiger partial charge in [0.25, 0.3) is 5.91 Å². The molecule has 5 nitrogen and oxygen atoms in total. The maximum absolute atomic E-state index is 11.8. The summed E-state index contributed by atoms with van der Waals surface area (Å²) in [4.78, 5) is 19.4. The van der Waals surface area contributed by atoms with E-state index in [-0.39, 0.29) is 5.91 Å². The Hall–Kier alpha value is -3.34. The number of nitrogens with zero attached hydrogens (tertiary/aromatic N) is 2. The molecule has 2 heterocycles. The van der Waals surface area contributed by atoms with Gasteiger partial charge in [0, 0.05) is 30.2 Å². The Bertz CT molecular complexity index is 1010. The predicted octanol–water partition coefficient (Wildman–Crippen LogP) is 3.38. The summed E-state index contributed by atoms with van der Waals surface area (Å²) < 4.78 is 2.02. The van der Waals surface area contributed by atoms with Gasteiger partial charge in [-0.3, -0.25) is 9.36 Å². The van der Waals surface area contributed by atoms with Gasteiger partial charge in [0.15, 0.2) is 0 Å². The van der Waals surface area contributed by atoms with E-state index in [1.807, 2.05) is 47.2 Å². The fourth-order valence-electron chi connectivity index (χ4n) is 2.84. The smallest absolute Gasteiger partial charge is 0.251 e. The summed E-state index contributed by atoms with van der Waals surface area (Å²) in [6.45, 7) is 0. The van der Waals surface area contributed by atoms with Crippen LogP contribution in [0.4, 0.5) is 0 Å². The van der Waals surface area contributed by atoms with Crippen LogP contribution in [0.5, 0.6) is 0 Å². The molecular weight excluding hydrogens is 300 g/mol. The minimum absolute atomic E-state index is 0.111. The Morgan fingerprint density at radius 3 is 2.83 bits per heavy atom. The number of benzene rings is 2. The number of hydrogen-bond acceptors (Lipinski definition) is 2. The molecule has 5 heteroatoms. The average molecular weight is 316 g/mol.